The lowest BCUT2D eigenvalue weighted by Gasteiger charge is -2.20. The highest BCUT2D eigenvalue weighted by atomic mass is 16.5. The van der Waals surface area contributed by atoms with Gasteiger partial charge in [-0.05, 0) is 26.0 Å². The number of hydrogen-bond acceptors (Lipinski definition) is 4. The van der Waals surface area contributed by atoms with E-state index in [-0.39, 0.29) is 5.91 Å². The first-order chi connectivity index (χ1) is 9.67. The molecule has 0 atom stereocenters. The van der Waals surface area contributed by atoms with Crippen LogP contribution in [-0.4, -0.2) is 43.7 Å². The van der Waals surface area contributed by atoms with E-state index in [0.29, 0.717) is 50.8 Å². The van der Waals surface area contributed by atoms with Crippen LogP contribution in [-0.2, 0) is 9.53 Å². The third-order valence-electron chi connectivity index (χ3n) is 2.89. The van der Waals surface area contributed by atoms with Crippen molar-refractivity contribution in [2.45, 2.75) is 20.3 Å². The number of hydrogen-bond donors (Lipinski definition) is 1. The van der Waals surface area contributed by atoms with Gasteiger partial charge in [0, 0.05) is 31.5 Å². The van der Waals surface area contributed by atoms with Crippen LogP contribution in [0, 0.1) is 0 Å². The number of likely N-dealkylation sites (N-methyl/N-ethyl adjacent to an activating group) is 1. The Kier molecular flexibility index (Phi) is 7.50. The summed E-state index contributed by atoms with van der Waals surface area (Å²) >= 11 is 0. The van der Waals surface area contributed by atoms with E-state index in [0.717, 1.165) is 0 Å². The van der Waals surface area contributed by atoms with E-state index < -0.39 is 0 Å². The van der Waals surface area contributed by atoms with E-state index in [1.54, 1.807) is 17.0 Å². The Hall–Kier alpha value is -1.75. The van der Waals surface area contributed by atoms with Crippen molar-refractivity contribution in [2.75, 3.05) is 38.6 Å². The topological polar surface area (TPSA) is 64.8 Å². The molecule has 0 aromatic heterocycles. The highest BCUT2D eigenvalue weighted by Crippen LogP contribution is 2.14. The van der Waals surface area contributed by atoms with Gasteiger partial charge in [0.1, 0.15) is 5.75 Å². The molecule has 0 aliphatic rings. The van der Waals surface area contributed by atoms with Crippen molar-refractivity contribution in [3.8, 4) is 5.75 Å². The molecule has 0 saturated carbocycles. The second kappa shape index (κ2) is 9.20. The maximum absolute atomic E-state index is 12.0. The minimum Gasteiger partial charge on any atom is -0.493 e. The summed E-state index contributed by atoms with van der Waals surface area (Å²) in [5.41, 5.74) is 6.31. The Morgan fingerprint density at radius 1 is 1.30 bits per heavy atom. The van der Waals surface area contributed by atoms with Crippen molar-refractivity contribution in [3.63, 3.8) is 0 Å². The van der Waals surface area contributed by atoms with Gasteiger partial charge in [0.2, 0.25) is 5.91 Å². The predicted molar refractivity (Wildman–Crippen MR) is 79.7 cm³/mol. The van der Waals surface area contributed by atoms with E-state index in [9.17, 15) is 4.79 Å². The first-order valence-electron chi connectivity index (χ1n) is 7.01. The first-order valence-corrected chi connectivity index (χ1v) is 7.01. The minimum absolute atomic E-state index is 0.0797. The fourth-order valence-electron chi connectivity index (χ4n) is 1.80. The number of nitrogens with zero attached hydrogens (tertiary/aromatic N) is 1. The molecule has 0 aliphatic heterocycles. The molecule has 0 radical (unpaired) electrons. The van der Waals surface area contributed by atoms with Crippen LogP contribution < -0.4 is 10.5 Å². The molecule has 20 heavy (non-hydrogen) atoms. The average Bonchev–Trinajstić information content (AvgIpc) is 2.43. The lowest BCUT2D eigenvalue weighted by atomic mass is 10.3. The average molecular weight is 280 g/mol. The van der Waals surface area contributed by atoms with Crippen LogP contribution in [0.4, 0.5) is 5.69 Å². The highest BCUT2D eigenvalue weighted by Gasteiger charge is 2.11. The molecule has 2 N–H and O–H groups in total. The molecule has 5 nitrogen and oxygen atoms in total. The summed E-state index contributed by atoms with van der Waals surface area (Å²) in [6, 6.07) is 7.20. The normalized spacial score (nSPS) is 10.3. The second-order valence-corrected chi connectivity index (χ2v) is 4.34. The lowest BCUT2D eigenvalue weighted by molar-refractivity contribution is -0.132. The van der Waals surface area contributed by atoms with Gasteiger partial charge in [-0.2, -0.15) is 0 Å². The molecule has 0 fully saturated rings. The molecule has 0 saturated heterocycles. The summed E-state index contributed by atoms with van der Waals surface area (Å²) in [5, 5.41) is 0. The fourth-order valence-corrected chi connectivity index (χ4v) is 1.80. The molecule has 1 amide bonds. The summed E-state index contributed by atoms with van der Waals surface area (Å²) in [6.45, 7) is 6.82. The van der Waals surface area contributed by atoms with Gasteiger partial charge in [0.05, 0.1) is 19.6 Å². The quantitative estimate of drug-likeness (QED) is 0.554. The van der Waals surface area contributed by atoms with Crippen molar-refractivity contribution in [3.05, 3.63) is 24.3 Å². The molecule has 1 aromatic carbocycles. The number of anilines is 1. The third kappa shape index (κ3) is 5.93. The number of ether oxygens (including phenoxy) is 2. The molecule has 0 aliphatic carbocycles. The van der Waals surface area contributed by atoms with Crippen LogP contribution >= 0.6 is 0 Å². The van der Waals surface area contributed by atoms with E-state index in [2.05, 4.69) is 0 Å². The zero-order valence-corrected chi connectivity index (χ0v) is 12.3. The maximum atomic E-state index is 12.0. The number of carbonyl (C=O) groups excluding carboxylic acids is 1. The zero-order chi connectivity index (χ0) is 14.8. The van der Waals surface area contributed by atoms with Gasteiger partial charge in [-0.15, -0.1) is 0 Å². The second-order valence-electron chi connectivity index (χ2n) is 4.34. The monoisotopic (exact) mass is 280 g/mol. The Bertz CT molecular complexity index is 410. The van der Waals surface area contributed by atoms with E-state index >= 15 is 0 Å². The summed E-state index contributed by atoms with van der Waals surface area (Å²) in [7, 11) is 0. The molecule has 0 spiro atoms. The third-order valence-corrected chi connectivity index (χ3v) is 2.89. The van der Waals surface area contributed by atoms with Crippen molar-refractivity contribution < 1.29 is 14.3 Å². The molecule has 5 heteroatoms. The van der Waals surface area contributed by atoms with Crippen molar-refractivity contribution in [2.24, 2.45) is 0 Å². The minimum atomic E-state index is 0.0797. The van der Waals surface area contributed by atoms with Crippen LogP contribution in [0.25, 0.3) is 0 Å². The number of amides is 1. The Balaban J connectivity index is 2.30. The molecular weight excluding hydrogens is 256 g/mol. The maximum Gasteiger partial charge on any atom is 0.226 e. The van der Waals surface area contributed by atoms with Gasteiger partial charge in [-0.25, -0.2) is 0 Å². The molecule has 0 heterocycles. The van der Waals surface area contributed by atoms with E-state index in [4.69, 9.17) is 15.2 Å². The van der Waals surface area contributed by atoms with Crippen molar-refractivity contribution in [1.82, 2.24) is 4.90 Å². The number of rotatable bonds is 9. The van der Waals surface area contributed by atoms with Crippen LogP contribution in [0.2, 0.25) is 0 Å². The highest BCUT2D eigenvalue weighted by molar-refractivity contribution is 5.76. The number of benzene rings is 1. The number of nitrogens with two attached hydrogens (primary N) is 1. The van der Waals surface area contributed by atoms with Crippen molar-refractivity contribution in [1.29, 1.82) is 0 Å². The van der Waals surface area contributed by atoms with Gasteiger partial charge < -0.3 is 20.1 Å². The molecule has 0 unspecified atom stereocenters. The largest absolute Gasteiger partial charge is 0.493 e. The number of carbonyl (C=O) groups is 1. The smallest absolute Gasteiger partial charge is 0.226 e. The molecule has 0 bridgehead atoms. The van der Waals surface area contributed by atoms with Crippen LogP contribution in [0.15, 0.2) is 24.3 Å². The lowest BCUT2D eigenvalue weighted by Crippen LogP contribution is -2.34. The Morgan fingerprint density at radius 2 is 2.10 bits per heavy atom. The van der Waals surface area contributed by atoms with Crippen LogP contribution in [0.5, 0.6) is 5.75 Å². The first kappa shape index (κ1) is 16.3. The van der Waals surface area contributed by atoms with Gasteiger partial charge in [0.25, 0.3) is 0 Å². The van der Waals surface area contributed by atoms with Gasteiger partial charge in [-0.3, -0.25) is 4.79 Å². The Morgan fingerprint density at radius 3 is 2.75 bits per heavy atom. The molecule has 1 rings (SSSR count). The SMILES string of the molecule is CCOCCN(CC)C(=O)CCOc1cccc(N)c1. The Labute approximate surface area is 120 Å². The van der Waals surface area contributed by atoms with Gasteiger partial charge >= 0.3 is 0 Å². The standard InChI is InChI=1S/C15H24N2O3/c1-3-17(9-11-19-4-2)15(18)8-10-20-14-7-5-6-13(16)12-14/h5-7,12H,3-4,8-11,16H2,1-2H3. The zero-order valence-electron chi connectivity index (χ0n) is 12.3. The molecule has 1 aromatic rings. The molecular formula is C15H24N2O3. The summed E-state index contributed by atoms with van der Waals surface area (Å²) in [4.78, 5) is 13.8. The predicted octanol–water partition coefficient (Wildman–Crippen LogP) is 1.92. The molecule has 112 valence electrons. The van der Waals surface area contributed by atoms with Gasteiger partial charge in [0.15, 0.2) is 0 Å². The summed E-state index contributed by atoms with van der Waals surface area (Å²) in [5.74, 6) is 0.770. The number of nitrogen functional groups attached to an aromatic ring is 1. The summed E-state index contributed by atoms with van der Waals surface area (Å²) in [6.07, 6.45) is 0.356. The van der Waals surface area contributed by atoms with Gasteiger partial charge in [-0.1, -0.05) is 6.07 Å². The van der Waals surface area contributed by atoms with E-state index in [1.165, 1.54) is 0 Å². The van der Waals surface area contributed by atoms with Crippen molar-refractivity contribution >= 4 is 11.6 Å². The summed E-state index contributed by atoms with van der Waals surface area (Å²) < 4.78 is 10.8. The van der Waals surface area contributed by atoms with Crippen LogP contribution in [0.1, 0.15) is 20.3 Å². The van der Waals surface area contributed by atoms with E-state index in [1.807, 2.05) is 26.0 Å². The van der Waals surface area contributed by atoms with Crippen LogP contribution in [0.3, 0.4) is 0 Å². The fraction of sp³-hybridized carbons (Fsp3) is 0.533.